The maximum absolute atomic E-state index is 5.28. The van der Waals surface area contributed by atoms with Gasteiger partial charge in [-0.05, 0) is 53.1 Å². The molecule has 0 bridgehead atoms. The van der Waals surface area contributed by atoms with Crippen LogP contribution >= 0.6 is 0 Å². The number of hydrogen-bond donors (Lipinski definition) is 0. The fourth-order valence-corrected chi connectivity index (χ4v) is 2.65. The summed E-state index contributed by atoms with van der Waals surface area (Å²) in [6.45, 7) is 4.32. The molecule has 18 heavy (non-hydrogen) atoms. The van der Waals surface area contributed by atoms with Crippen LogP contribution < -0.4 is 4.74 Å². The lowest BCUT2D eigenvalue weighted by atomic mass is 9.97. The molecule has 0 atom stereocenters. The zero-order valence-electron chi connectivity index (χ0n) is 10.9. The molecule has 0 amide bonds. The molecule has 0 unspecified atom stereocenters. The molecule has 90 valence electrons. The standard InChI is InChI=1S/C17H16O/c1-11-8-12(2)15-6-4-13-10-14(18-3)5-7-16(13)17(15)9-11/h4-10H,1-3H3. The van der Waals surface area contributed by atoms with E-state index < -0.39 is 0 Å². The summed E-state index contributed by atoms with van der Waals surface area (Å²) in [4.78, 5) is 0. The highest BCUT2D eigenvalue weighted by atomic mass is 16.5. The summed E-state index contributed by atoms with van der Waals surface area (Å²) in [5.41, 5.74) is 2.64. The van der Waals surface area contributed by atoms with Crippen LogP contribution in [-0.4, -0.2) is 7.11 Å². The van der Waals surface area contributed by atoms with Crippen LogP contribution in [0.5, 0.6) is 5.75 Å². The second-order valence-electron chi connectivity index (χ2n) is 4.83. The zero-order chi connectivity index (χ0) is 12.7. The van der Waals surface area contributed by atoms with Crippen molar-refractivity contribution < 1.29 is 4.74 Å². The normalized spacial score (nSPS) is 11.1. The van der Waals surface area contributed by atoms with Crippen molar-refractivity contribution in [3.63, 3.8) is 0 Å². The Bertz CT molecular complexity index is 741. The Hall–Kier alpha value is -2.02. The van der Waals surface area contributed by atoms with E-state index in [0.717, 1.165) is 5.75 Å². The Morgan fingerprint density at radius 3 is 2.33 bits per heavy atom. The van der Waals surface area contributed by atoms with Crippen molar-refractivity contribution in [1.82, 2.24) is 0 Å². The number of benzene rings is 3. The molecule has 0 aliphatic carbocycles. The van der Waals surface area contributed by atoms with Gasteiger partial charge in [-0.1, -0.05) is 35.9 Å². The number of hydrogen-bond acceptors (Lipinski definition) is 1. The van der Waals surface area contributed by atoms with Gasteiger partial charge >= 0.3 is 0 Å². The molecule has 0 saturated carbocycles. The predicted octanol–water partition coefficient (Wildman–Crippen LogP) is 4.62. The van der Waals surface area contributed by atoms with Crippen molar-refractivity contribution >= 4 is 21.5 Å². The molecule has 1 nitrogen and oxygen atoms in total. The summed E-state index contributed by atoms with van der Waals surface area (Å²) in [5, 5.41) is 5.18. The molecular formula is C17H16O. The maximum atomic E-state index is 5.28. The van der Waals surface area contributed by atoms with Crippen LogP contribution in [0.3, 0.4) is 0 Å². The molecule has 3 aromatic carbocycles. The molecule has 0 N–H and O–H groups in total. The van der Waals surface area contributed by atoms with Crippen molar-refractivity contribution in [3.8, 4) is 5.75 Å². The highest BCUT2D eigenvalue weighted by Gasteiger charge is 2.04. The lowest BCUT2D eigenvalue weighted by Gasteiger charge is -2.09. The third-order valence-corrected chi connectivity index (χ3v) is 3.51. The SMILES string of the molecule is COc1ccc2c(ccc3c(C)cc(C)cc32)c1. The van der Waals surface area contributed by atoms with E-state index in [2.05, 4.69) is 50.2 Å². The Morgan fingerprint density at radius 1 is 0.778 bits per heavy atom. The van der Waals surface area contributed by atoms with Crippen molar-refractivity contribution in [3.05, 3.63) is 53.6 Å². The summed E-state index contributed by atoms with van der Waals surface area (Å²) in [7, 11) is 1.70. The minimum absolute atomic E-state index is 0.909. The summed E-state index contributed by atoms with van der Waals surface area (Å²) >= 11 is 0. The summed E-state index contributed by atoms with van der Waals surface area (Å²) in [5.74, 6) is 0.909. The van der Waals surface area contributed by atoms with Gasteiger partial charge in [0, 0.05) is 0 Å². The lowest BCUT2D eigenvalue weighted by Crippen LogP contribution is -1.86. The number of fused-ring (bicyclic) bond motifs is 3. The molecule has 3 rings (SSSR count). The first kappa shape index (κ1) is 11.1. The highest BCUT2D eigenvalue weighted by molar-refractivity contribution is 6.09. The molecule has 0 aromatic heterocycles. The van der Waals surface area contributed by atoms with Crippen LogP contribution in [0, 0.1) is 13.8 Å². The van der Waals surface area contributed by atoms with Crippen LogP contribution in [0.25, 0.3) is 21.5 Å². The molecule has 0 aliphatic rings. The number of methoxy groups -OCH3 is 1. The summed E-state index contributed by atoms with van der Waals surface area (Å²) in [6, 6.07) is 15.1. The maximum Gasteiger partial charge on any atom is 0.119 e. The van der Waals surface area contributed by atoms with Gasteiger partial charge in [-0.15, -0.1) is 0 Å². The quantitative estimate of drug-likeness (QED) is 0.560. The molecule has 3 aromatic rings. The molecule has 0 aliphatic heterocycles. The molecule has 0 saturated heterocycles. The van der Waals surface area contributed by atoms with Crippen LogP contribution in [-0.2, 0) is 0 Å². The number of rotatable bonds is 1. The third kappa shape index (κ3) is 1.63. The van der Waals surface area contributed by atoms with E-state index in [1.54, 1.807) is 7.11 Å². The molecule has 0 radical (unpaired) electrons. The van der Waals surface area contributed by atoms with Gasteiger partial charge < -0.3 is 4.74 Å². The Labute approximate surface area is 107 Å². The summed E-state index contributed by atoms with van der Waals surface area (Å²) < 4.78 is 5.28. The van der Waals surface area contributed by atoms with E-state index in [4.69, 9.17) is 4.74 Å². The van der Waals surface area contributed by atoms with Crippen LogP contribution in [0.4, 0.5) is 0 Å². The first-order chi connectivity index (χ1) is 8.69. The van der Waals surface area contributed by atoms with Gasteiger partial charge in [0.2, 0.25) is 0 Å². The summed E-state index contributed by atoms with van der Waals surface area (Å²) in [6.07, 6.45) is 0. The minimum Gasteiger partial charge on any atom is -0.497 e. The van der Waals surface area contributed by atoms with Crippen molar-refractivity contribution in [2.24, 2.45) is 0 Å². The molecule has 0 fully saturated rings. The second kappa shape index (κ2) is 4.02. The highest BCUT2D eigenvalue weighted by Crippen LogP contribution is 2.30. The minimum atomic E-state index is 0.909. The van der Waals surface area contributed by atoms with E-state index in [1.807, 2.05) is 6.07 Å². The average molecular weight is 236 g/mol. The number of aryl methyl sites for hydroxylation is 2. The van der Waals surface area contributed by atoms with Gasteiger partial charge in [-0.3, -0.25) is 0 Å². The van der Waals surface area contributed by atoms with Gasteiger partial charge in [0.05, 0.1) is 7.11 Å². The van der Waals surface area contributed by atoms with Gasteiger partial charge in [0.25, 0.3) is 0 Å². The first-order valence-electron chi connectivity index (χ1n) is 6.17. The molecule has 1 heteroatoms. The van der Waals surface area contributed by atoms with Crippen LogP contribution in [0.2, 0.25) is 0 Å². The Morgan fingerprint density at radius 2 is 1.56 bits per heavy atom. The molecule has 0 heterocycles. The van der Waals surface area contributed by atoms with E-state index >= 15 is 0 Å². The second-order valence-corrected chi connectivity index (χ2v) is 4.83. The first-order valence-corrected chi connectivity index (χ1v) is 6.17. The van der Waals surface area contributed by atoms with Crippen LogP contribution in [0.15, 0.2) is 42.5 Å². The third-order valence-electron chi connectivity index (χ3n) is 3.51. The zero-order valence-corrected chi connectivity index (χ0v) is 10.9. The largest absolute Gasteiger partial charge is 0.497 e. The predicted molar refractivity (Wildman–Crippen MR) is 77.5 cm³/mol. The van der Waals surface area contributed by atoms with Crippen LogP contribution in [0.1, 0.15) is 11.1 Å². The average Bonchev–Trinajstić information content (AvgIpc) is 2.37. The van der Waals surface area contributed by atoms with Gasteiger partial charge in [-0.25, -0.2) is 0 Å². The van der Waals surface area contributed by atoms with Crippen molar-refractivity contribution in [2.75, 3.05) is 7.11 Å². The molecule has 0 spiro atoms. The van der Waals surface area contributed by atoms with E-state index in [0.29, 0.717) is 0 Å². The van der Waals surface area contributed by atoms with Gasteiger partial charge in [-0.2, -0.15) is 0 Å². The van der Waals surface area contributed by atoms with Crippen molar-refractivity contribution in [1.29, 1.82) is 0 Å². The topological polar surface area (TPSA) is 9.23 Å². The van der Waals surface area contributed by atoms with Crippen molar-refractivity contribution in [2.45, 2.75) is 13.8 Å². The Kier molecular flexibility index (Phi) is 2.48. The molecular weight excluding hydrogens is 220 g/mol. The van der Waals surface area contributed by atoms with E-state index in [9.17, 15) is 0 Å². The number of ether oxygens (including phenoxy) is 1. The smallest absolute Gasteiger partial charge is 0.119 e. The van der Waals surface area contributed by atoms with Gasteiger partial charge in [0.15, 0.2) is 0 Å². The monoisotopic (exact) mass is 236 g/mol. The Balaban J connectivity index is 2.45. The van der Waals surface area contributed by atoms with Gasteiger partial charge in [0.1, 0.15) is 5.75 Å². The fourth-order valence-electron chi connectivity index (χ4n) is 2.65. The van der Waals surface area contributed by atoms with E-state index in [-0.39, 0.29) is 0 Å². The lowest BCUT2D eigenvalue weighted by molar-refractivity contribution is 0.415. The fraction of sp³-hybridized carbons (Fsp3) is 0.176. The van der Waals surface area contributed by atoms with E-state index in [1.165, 1.54) is 32.7 Å².